The van der Waals surface area contributed by atoms with Crippen molar-refractivity contribution < 1.29 is 13.6 Å². The fraction of sp³-hybridized carbons (Fsp3) is 0.222. The van der Waals surface area contributed by atoms with E-state index in [1.165, 1.54) is 11.1 Å². The minimum Gasteiger partial charge on any atom is -0.453 e. The molecule has 0 N–H and O–H groups in total. The van der Waals surface area contributed by atoms with E-state index in [2.05, 4.69) is 90.1 Å². The summed E-state index contributed by atoms with van der Waals surface area (Å²) in [6.45, 7) is 13.3. The van der Waals surface area contributed by atoms with Crippen LogP contribution < -0.4 is 4.74 Å². The molecule has 0 saturated heterocycles. The van der Waals surface area contributed by atoms with Gasteiger partial charge in [-0.2, -0.15) is 0 Å². The van der Waals surface area contributed by atoms with Gasteiger partial charge in [0.2, 0.25) is 11.5 Å². The zero-order valence-electron chi connectivity index (χ0n) is 24.2. The summed E-state index contributed by atoms with van der Waals surface area (Å²) in [7, 11) is 0. The minimum atomic E-state index is -0.0119. The molecule has 0 spiro atoms. The highest BCUT2D eigenvalue weighted by Crippen LogP contribution is 2.46. The molecule has 0 aliphatic rings. The van der Waals surface area contributed by atoms with Crippen molar-refractivity contribution in [2.75, 3.05) is 0 Å². The lowest BCUT2D eigenvalue weighted by atomic mass is 9.86. The molecule has 0 radical (unpaired) electrons. The van der Waals surface area contributed by atoms with Crippen molar-refractivity contribution in [3.8, 4) is 34.3 Å². The average Bonchev–Trinajstić information content (AvgIpc) is 3.54. The van der Waals surface area contributed by atoms with E-state index < -0.39 is 0 Å². The smallest absolute Gasteiger partial charge is 0.266 e. The molecule has 0 aliphatic heterocycles. The number of hydrogen-bond donors (Lipinski definition) is 0. The van der Waals surface area contributed by atoms with Gasteiger partial charge in [0.25, 0.3) is 5.88 Å². The Morgan fingerprint density at radius 2 is 1.24 bits per heavy atom. The van der Waals surface area contributed by atoms with Crippen LogP contribution in [-0.4, -0.2) is 9.97 Å². The normalized spacial score (nSPS) is 12.6. The molecule has 7 aromatic rings. The largest absolute Gasteiger partial charge is 0.453 e. The Kier molecular flexibility index (Phi) is 5.52. The van der Waals surface area contributed by atoms with Crippen molar-refractivity contribution in [2.24, 2.45) is 0 Å². The van der Waals surface area contributed by atoms with Crippen molar-refractivity contribution in [1.82, 2.24) is 9.97 Å². The lowest BCUT2D eigenvalue weighted by molar-refractivity contribution is 0.441. The summed E-state index contributed by atoms with van der Waals surface area (Å²) in [4.78, 5) is 9.85. The van der Waals surface area contributed by atoms with Crippen molar-refractivity contribution in [3.05, 3.63) is 96.1 Å². The molecular formula is C36H32N2O3. The third kappa shape index (κ3) is 4.33. The van der Waals surface area contributed by atoms with Gasteiger partial charge in [0, 0.05) is 17.2 Å². The highest BCUT2D eigenvalue weighted by molar-refractivity contribution is 6.23. The lowest BCUT2D eigenvalue weighted by Crippen LogP contribution is -2.10. The van der Waals surface area contributed by atoms with Crippen LogP contribution in [0.15, 0.2) is 93.8 Å². The Balaban J connectivity index is 1.36. The Labute approximate surface area is 239 Å². The van der Waals surface area contributed by atoms with Crippen LogP contribution in [-0.2, 0) is 10.8 Å². The first-order valence-electron chi connectivity index (χ1n) is 14.0. The molecule has 5 heteroatoms. The van der Waals surface area contributed by atoms with Crippen LogP contribution in [0.5, 0.6) is 11.8 Å². The highest BCUT2D eigenvalue weighted by Gasteiger charge is 2.27. The monoisotopic (exact) mass is 540 g/mol. The van der Waals surface area contributed by atoms with Gasteiger partial charge in [-0.15, -0.1) is 0 Å². The second-order valence-corrected chi connectivity index (χ2v) is 12.8. The van der Waals surface area contributed by atoms with Crippen molar-refractivity contribution in [2.45, 2.75) is 52.4 Å². The first-order chi connectivity index (χ1) is 19.6. The zero-order valence-corrected chi connectivity index (χ0v) is 24.2. The predicted octanol–water partition coefficient (Wildman–Crippen LogP) is 10.3. The van der Waals surface area contributed by atoms with Gasteiger partial charge in [0.05, 0.1) is 16.5 Å². The van der Waals surface area contributed by atoms with E-state index in [9.17, 15) is 0 Å². The molecular weight excluding hydrogens is 508 g/mol. The molecule has 7 rings (SSSR count). The van der Waals surface area contributed by atoms with Gasteiger partial charge >= 0.3 is 0 Å². The molecule has 0 saturated carbocycles. The first kappa shape index (κ1) is 25.3. The van der Waals surface area contributed by atoms with Gasteiger partial charge < -0.3 is 13.6 Å². The molecule has 0 fully saturated rings. The summed E-state index contributed by atoms with van der Waals surface area (Å²) >= 11 is 0. The predicted molar refractivity (Wildman–Crippen MR) is 165 cm³/mol. The molecule has 0 atom stereocenters. The van der Waals surface area contributed by atoms with Crippen LogP contribution >= 0.6 is 0 Å². The molecule has 3 aromatic carbocycles. The number of ether oxygens (including phenoxy) is 1. The van der Waals surface area contributed by atoms with Gasteiger partial charge in [0.15, 0.2) is 5.58 Å². The molecule has 5 nitrogen and oxygen atoms in total. The van der Waals surface area contributed by atoms with E-state index in [-0.39, 0.29) is 10.8 Å². The van der Waals surface area contributed by atoms with Gasteiger partial charge in [-0.1, -0.05) is 96.1 Å². The van der Waals surface area contributed by atoms with Crippen LogP contribution in [0.3, 0.4) is 0 Å². The van der Waals surface area contributed by atoms with E-state index in [0.29, 0.717) is 28.6 Å². The topological polar surface area (TPSA) is 61.3 Å². The number of benzene rings is 3. The number of nitrogens with zero attached hydrogens (tertiary/aromatic N) is 2. The molecule has 4 aromatic heterocycles. The maximum Gasteiger partial charge on any atom is 0.266 e. The van der Waals surface area contributed by atoms with Crippen LogP contribution in [0, 0.1) is 0 Å². The summed E-state index contributed by atoms with van der Waals surface area (Å²) in [6, 6.07) is 28.6. The minimum absolute atomic E-state index is 0.0119. The van der Waals surface area contributed by atoms with Crippen LogP contribution in [0.25, 0.3) is 55.6 Å². The van der Waals surface area contributed by atoms with Gasteiger partial charge in [0.1, 0.15) is 16.9 Å². The number of pyridine rings is 2. The third-order valence-corrected chi connectivity index (χ3v) is 7.71. The maximum atomic E-state index is 6.43. The third-order valence-electron chi connectivity index (χ3n) is 7.71. The summed E-state index contributed by atoms with van der Waals surface area (Å²) in [5.74, 6) is 0.805. The van der Waals surface area contributed by atoms with Crippen molar-refractivity contribution >= 4 is 33.1 Å². The first-order valence-corrected chi connectivity index (χ1v) is 14.0. The number of hydrogen-bond acceptors (Lipinski definition) is 5. The van der Waals surface area contributed by atoms with Gasteiger partial charge in [-0.3, -0.25) is 0 Å². The van der Waals surface area contributed by atoms with Gasteiger partial charge in [-0.25, -0.2) is 9.97 Å². The van der Waals surface area contributed by atoms with Gasteiger partial charge in [-0.05, 0) is 46.2 Å². The molecule has 0 aliphatic carbocycles. The summed E-state index contributed by atoms with van der Waals surface area (Å²) in [5.41, 5.74) is 8.85. The average molecular weight is 541 g/mol. The molecule has 204 valence electrons. The molecule has 0 unspecified atom stereocenters. The Hall–Kier alpha value is -4.64. The van der Waals surface area contributed by atoms with Crippen molar-refractivity contribution in [3.63, 3.8) is 0 Å². The maximum absolute atomic E-state index is 6.43. The zero-order chi connectivity index (χ0) is 28.5. The summed E-state index contributed by atoms with van der Waals surface area (Å²) < 4.78 is 19.1. The fourth-order valence-corrected chi connectivity index (χ4v) is 5.37. The van der Waals surface area contributed by atoms with Crippen LogP contribution in [0.4, 0.5) is 0 Å². The quantitative estimate of drug-likeness (QED) is 0.222. The second kappa shape index (κ2) is 8.93. The number of aromatic nitrogens is 2. The molecule has 0 bridgehead atoms. The highest BCUT2D eigenvalue weighted by atomic mass is 16.5. The van der Waals surface area contributed by atoms with Crippen LogP contribution in [0.2, 0.25) is 0 Å². The number of furan rings is 2. The second-order valence-electron chi connectivity index (χ2n) is 12.8. The fourth-order valence-electron chi connectivity index (χ4n) is 5.37. The number of rotatable bonds is 4. The van der Waals surface area contributed by atoms with E-state index >= 15 is 0 Å². The van der Waals surface area contributed by atoms with E-state index in [1.54, 1.807) is 0 Å². The van der Waals surface area contributed by atoms with Crippen molar-refractivity contribution in [1.29, 1.82) is 0 Å². The molecule has 41 heavy (non-hydrogen) atoms. The van der Waals surface area contributed by atoms with E-state index in [1.807, 2.05) is 36.4 Å². The molecule has 4 heterocycles. The molecule has 0 amide bonds. The standard InChI is InChI=1S/C36H32N2O3/c1-35(2,3)23-18-16-21(17-19-23)25-12-8-15-28(37-25)41-34-33-30-29-26(13-9-14-27(29)40-33)39-32(30)31(38-34)22-10-7-11-24(20-22)36(4,5)6/h7-20H,1-6H3. The summed E-state index contributed by atoms with van der Waals surface area (Å²) in [6.07, 6.45) is 0. The Morgan fingerprint density at radius 1 is 0.585 bits per heavy atom. The Morgan fingerprint density at radius 3 is 1.95 bits per heavy atom. The van der Waals surface area contributed by atoms with E-state index in [4.69, 9.17) is 23.5 Å². The summed E-state index contributed by atoms with van der Waals surface area (Å²) in [5, 5.41) is 1.82. The lowest BCUT2D eigenvalue weighted by Gasteiger charge is -2.19. The van der Waals surface area contributed by atoms with E-state index in [0.717, 1.165) is 38.8 Å². The van der Waals surface area contributed by atoms with Crippen LogP contribution in [0.1, 0.15) is 52.7 Å². The Bertz CT molecular complexity index is 2030. The SMILES string of the molecule is CC(C)(C)c1ccc(-c2cccc(Oc3nc(-c4cccc(C(C)(C)C)c4)c4oc5cccc6oc3c4c65)n2)cc1.